The van der Waals surface area contributed by atoms with Crippen LogP contribution in [0.2, 0.25) is 0 Å². The number of hydrogen-bond acceptors (Lipinski definition) is 3. The van der Waals surface area contributed by atoms with Crippen molar-refractivity contribution in [3.63, 3.8) is 0 Å². The topological polar surface area (TPSA) is 54.4 Å². The molecule has 1 unspecified atom stereocenters. The Morgan fingerprint density at radius 3 is 2.22 bits per heavy atom. The normalized spacial score (nSPS) is 15.4. The lowest BCUT2D eigenvalue weighted by atomic mass is 10.5. The summed E-state index contributed by atoms with van der Waals surface area (Å²) in [5.74, 6) is -0.731. The van der Waals surface area contributed by atoms with Crippen molar-refractivity contribution in [2.75, 3.05) is 12.4 Å². The van der Waals surface area contributed by atoms with Gasteiger partial charge in [0.2, 0.25) is 9.05 Å². The molecule has 0 fully saturated rings. The van der Waals surface area contributed by atoms with E-state index in [0.717, 1.165) is 0 Å². The molecule has 0 aromatic rings. The zero-order chi connectivity index (χ0) is 7.49. The third-order valence-electron chi connectivity index (χ3n) is 0.570. The Hall–Kier alpha value is 0.130. The molecule has 0 heterocycles. The fourth-order valence-electron chi connectivity index (χ4n) is 0.274. The molecule has 0 aliphatic rings. The van der Waals surface area contributed by atoms with Crippen molar-refractivity contribution in [1.82, 2.24) is 0 Å². The van der Waals surface area contributed by atoms with Crippen LogP contribution in [-0.2, 0) is 9.05 Å². The van der Waals surface area contributed by atoms with Gasteiger partial charge in [-0.05, 0) is 0 Å². The number of aliphatic hydroxyl groups is 1. The molecular weight excluding hydrogens is 171 g/mol. The van der Waals surface area contributed by atoms with Crippen LogP contribution in [0.1, 0.15) is 0 Å². The molecule has 0 spiro atoms. The molecule has 0 bridgehead atoms. The van der Waals surface area contributed by atoms with E-state index in [2.05, 4.69) is 10.7 Å². The highest BCUT2D eigenvalue weighted by Gasteiger charge is 2.12. The van der Waals surface area contributed by atoms with E-state index >= 15 is 0 Å². The number of rotatable bonds is 3. The second-order valence-corrected chi connectivity index (χ2v) is 4.34. The van der Waals surface area contributed by atoms with Crippen molar-refractivity contribution >= 4 is 19.7 Å². The van der Waals surface area contributed by atoms with E-state index in [1.165, 1.54) is 0 Å². The molecule has 6 heteroatoms. The first-order valence-electron chi connectivity index (χ1n) is 2.12. The molecule has 1 N–H and O–H groups in total. The average Bonchev–Trinajstić information content (AvgIpc) is 1.62. The molecule has 3 nitrogen and oxygen atoms in total. The van der Waals surface area contributed by atoms with E-state index < -0.39 is 27.6 Å². The fraction of sp³-hybridized carbons (Fsp3) is 1.00. The zero-order valence-corrected chi connectivity index (χ0v) is 5.99. The van der Waals surface area contributed by atoms with Crippen LogP contribution < -0.4 is 0 Å². The van der Waals surface area contributed by atoms with Crippen molar-refractivity contribution in [2.24, 2.45) is 0 Å². The maximum absolute atomic E-state index is 11.3. The van der Waals surface area contributed by atoms with E-state index in [-0.39, 0.29) is 0 Å². The van der Waals surface area contributed by atoms with Crippen LogP contribution in [0.15, 0.2) is 0 Å². The second kappa shape index (κ2) is 3.34. The molecule has 0 aromatic heterocycles. The molecule has 0 aliphatic heterocycles. The summed E-state index contributed by atoms with van der Waals surface area (Å²) >= 11 is 0. The second-order valence-electron chi connectivity index (χ2n) is 1.51. The minimum Gasteiger partial charge on any atom is -0.389 e. The first kappa shape index (κ1) is 9.13. The van der Waals surface area contributed by atoms with Crippen molar-refractivity contribution in [1.29, 1.82) is 0 Å². The standard InChI is InChI=1S/C3H6ClFO3S/c4-9(7,8)2-3(6)1-5/h3,6H,1-2H2. The van der Waals surface area contributed by atoms with Crippen LogP contribution in [-0.4, -0.2) is 32.1 Å². The molecule has 0 saturated heterocycles. The summed E-state index contributed by atoms with van der Waals surface area (Å²) in [5.41, 5.74) is 0. The van der Waals surface area contributed by atoms with Gasteiger partial charge in [0, 0.05) is 10.7 Å². The van der Waals surface area contributed by atoms with Crippen molar-refractivity contribution in [3.8, 4) is 0 Å². The Morgan fingerprint density at radius 1 is 1.67 bits per heavy atom. The lowest BCUT2D eigenvalue weighted by Crippen LogP contribution is -2.18. The summed E-state index contributed by atoms with van der Waals surface area (Å²) in [6.07, 6.45) is -1.49. The van der Waals surface area contributed by atoms with Gasteiger partial charge in [0.05, 0.1) is 11.9 Å². The van der Waals surface area contributed by atoms with Gasteiger partial charge in [0.1, 0.15) is 6.67 Å². The largest absolute Gasteiger partial charge is 0.389 e. The first-order valence-corrected chi connectivity index (χ1v) is 4.60. The predicted molar refractivity (Wildman–Crippen MR) is 31.6 cm³/mol. The van der Waals surface area contributed by atoms with Crippen LogP contribution in [0.5, 0.6) is 0 Å². The van der Waals surface area contributed by atoms with Crippen LogP contribution in [0, 0.1) is 0 Å². The Labute approximate surface area is 56.9 Å². The highest BCUT2D eigenvalue weighted by Crippen LogP contribution is 1.99. The monoisotopic (exact) mass is 176 g/mol. The molecule has 1 atom stereocenters. The highest BCUT2D eigenvalue weighted by molar-refractivity contribution is 8.13. The van der Waals surface area contributed by atoms with Gasteiger partial charge >= 0.3 is 0 Å². The van der Waals surface area contributed by atoms with Gasteiger partial charge in [0.25, 0.3) is 0 Å². The molecule has 0 amide bonds. The molecule has 0 aromatic carbocycles. The van der Waals surface area contributed by atoms with Crippen molar-refractivity contribution in [2.45, 2.75) is 6.10 Å². The maximum Gasteiger partial charge on any atom is 0.235 e. The third kappa shape index (κ3) is 6.01. The van der Waals surface area contributed by atoms with E-state index in [4.69, 9.17) is 5.11 Å². The molecule has 9 heavy (non-hydrogen) atoms. The van der Waals surface area contributed by atoms with E-state index in [9.17, 15) is 12.8 Å². The Morgan fingerprint density at radius 2 is 2.11 bits per heavy atom. The zero-order valence-electron chi connectivity index (χ0n) is 4.42. The summed E-state index contributed by atoms with van der Waals surface area (Å²) in [7, 11) is 0.899. The maximum atomic E-state index is 11.3. The van der Waals surface area contributed by atoms with Gasteiger partial charge < -0.3 is 5.11 Å². The number of aliphatic hydroxyl groups excluding tert-OH is 1. The van der Waals surface area contributed by atoms with Gasteiger partial charge in [-0.15, -0.1) is 0 Å². The smallest absolute Gasteiger partial charge is 0.235 e. The summed E-state index contributed by atoms with van der Waals surface area (Å²) < 4.78 is 31.4. The molecule has 0 saturated carbocycles. The van der Waals surface area contributed by atoms with Crippen LogP contribution >= 0.6 is 10.7 Å². The third-order valence-corrected chi connectivity index (χ3v) is 1.73. The van der Waals surface area contributed by atoms with Crippen molar-refractivity contribution in [3.05, 3.63) is 0 Å². The molecule has 0 radical (unpaired) electrons. The van der Waals surface area contributed by atoms with Crippen molar-refractivity contribution < 1.29 is 17.9 Å². The lowest BCUT2D eigenvalue weighted by molar-refractivity contribution is 0.160. The Balaban J connectivity index is 3.75. The fourth-order valence-corrected chi connectivity index (χ4v) is 1.26. The average molecular weight is 177 g/mol. The molecule has 0 aliphatic carbocycles. The predicted octanol–water partition coefficient (Wildman–Crippen LogP) is -0.115. The minimum absolute atomic E-state index is 0.731. The number of alkyl halides is 1. The lowest BCUT2D eigenvalue weighted by Gasteiger charge is -1.99. The van der Waals surface area contributed by atoms with Gasteiger partial charge in [-0.1, -0.05) is 0 Å². The minimum atomic E-state index is -3.75. The summed E-state index contributed by atoms with van der Waals surface area (Å²) in [6, 6.07) is 0. The SMILES string of the molecule is O=S(=O)(Cl)CC(O)CF. The van der Waals surface area contributed by atoms with E-state index in [1.54, 1.807) is 0 Å². The summed E-state index contributed by atoms with van der Waals surface area (Å²) in [5, 5.41) is 8.35. The van der Waals surface area contributed by atoms with E-state index in [1.807, 2.05) is 0 Å². The molecular formula is C3H6ClFO3S. The van der Waals surface area contributed by atoms with Gasteiger partial charge in [-0.3, -0.25) is 0 Å². The van der Waals surface area contributed by atoms with Crippen LogP contribution in [0.25, 0.3) is 0 Å². The Bertz CT molecular complexity index is 166. The van der Waals surface area contributed by atoms with Crippen LogP contribution in [0.4, 0.5) is 4.39 Å². The first-order chi connectivity index (χ1) is 3.95. The van der Waals surface area contributed by atoms with Gasteiger partial charge in [0.15, 0.2) is 0 Å². The number of halogens is 2. The molecule has 0 rings (SSSR count). The summed E-state index contributed by atoms with van der Waals surface area (Å²) in [6.45, 7) is -1.09. The highest BCUT2D eigenvalue weighted by atomic mass is 35.7. The van der Waals surface area contributed by atoms with Gasteiger partial charge in [-0.2, -0.15) is 0 Å². The number of hydrogen-bond donors (Lipinski definition) is 1. The van der Waals surface area contributed by atoms with Gasteiger partial charge in [-0.25, -0.2) is 12.8 Å². The van der Waals surface area contributed by atoms with E-state index in [0.29, 0.717) is 0 Å². The quantitative estimate of drug-likeness (QED) is 0.611. The summed E-state index contributed by atoms with van der Waals surface area (Å²) in [4.78, 5) is 0. The van der Waals surface area contributed by atoms with Crippen LogP contribution in [0.3, 0.4) is 0 Å². The Kier molecular flexibility index (Phi) is 3.38. The molecule has 56 valence electrons.